The van der Waals surface area contributed by atoms with Gasteiger partial charge in [0.25, 0.3) is 0 Å². The smallest absolute Gasteiger partial charge is 0.325 e. The molecule has 4 unspecified atom stereocenters. The fourth-order valence-electron chi connectivity index (χ4n) is 5.39. The standard InChI is InChI=1S/C27H28N2O6/c1-3-17-11-8-12-18(4-2)23(17)29-24(32)21-19(14-13-16-9-6-5-7-10-16)28-27(26(34)35,15-20(30)31)22(21)25(29)33/h5-14,19,21-22,28H,3-4,15H2,1-2H3,(H,30,31)(H,34,35)/b14-13+. The van der Waals surface area contributed by atoms with Gasteiger partial charge in [-0.15, -0.1) is 0 Å². The summed E-state index contributed by atoms with van der Waals surface area (Å²) in [4.78, 5) is 53.1. The van der Waals surface area contributed by atoms with Gasteiger partial charge >= 0.3 is 11.9 Å². The number of hydrogen-bond acceptors (Lipinski definition) is 5. The van der Waals surface area contributed by atoms with Crippen LogP contribution in [0.1, 0.15) is 37.0 Å². The largest absolute Gasteiger partial charge is 0.481 e. The molecule has 182 valence electrons. The highest BCUT2D eigenvalue weighted by molar-refractivity contribution is 6.25. The van der Waals surface area contributed by atoms with E-state index in [0.717, 1.165) is 21.6 Å². The number of para-hydroxylation sites is 1. The summed E-state index contributed by atoms with van der Waals surface area (Å²) in [6.45, 7) is 3.84. The Hall–Kier alpha value is -3.78. The molecule has 8 heteroatoms. The molecule has 2 aliphatic rings. The zero-order chi connectivity index (χ0) is 25.3. The number of carboxylic acid groups (broad SMARTS) is 2. The van der Waals surface area contributed by atoms with Gasteiger partial charge in [-0.2, -0.15) is 0 Å². The van der Waals surface area contributed by atoms with Crippen molar-refractivity contribution in [2.24, 2.45) is 11.8 Å². The number of amides is 2. The second kappa shape index (κ2) is 9.46. The molecule has 4 rings (SSSR count). The molecule has 3 N–H and O–H groups in total. The third-order valence-corrected chi connectivity index (χ3v) is 6.99. The molecule has 2 amide bonds. The van der Waals surface area contributed by atoms with Crippen molar-refractivity contribution in [1.29, 1.82) is 0 Å². The first-order chi connectivity index (χ1) is 16.7. The molecular formula is C27H28N2O6. The van der Waals surface area contributed by atoms with E-state index in [9.17, 15) is 29.4 Å². The van der Waals surface area contributed by atoms with E-state index in [1.54, 1.807) is 12.2 Å². The highest BCUT2D eigenvalue weighted by atomic mass is 16.4. The molecule has 0 saturated carbocycles. The monoisotopic (exact) mass is 476 g/mol. The van der Waals surface area contributed by atoms with Gasteiger partial charge in [0, 0.05) is 6.04 Å². The van der Waals surface area contributed by atoms with Gasteiger partial charge in [-0.1, -0.05) is 74.5 Å². The summed E-state index contributed by atoms with van der Waals surface area (Å²) in [5, 5.41) is 22.6. The number of anilines is 1. The van der Waals surface area contributed by atoms with Crippen LogP contribution in [-0.2, 0) is 32.0 Å². The maximum atomic E-state index is 13.8. The molecule has 4 atom stereocenters. The van der Waals surface area contributed by atoms with Crippen molar-refractivity contribution in [3.63, 3.8) is 0 Å². The molecule has 2 aromatic carbocycles. The van der Waals surface area contributed by atoms with Crippen LogP contribution in [0.2, 0.25) is 0 Å². The summed E-state index contributed by atoms with van der Waals surface area (Å²) in [6.07, 6.45) is 3.71. The minimum atomic E-state index is -2.11. The van der Waals surface area contributed by atoms with E-state index in [2.05, 4.69) is 5.32 Å². The Balaban J connectivity index is 1.86. The number of rotatable bonds is 8. The number of carbonyl (C=O) groups excluding carboxylic acids is 2. The number of nitrogens with one attached hydrogen (secondary N) is 1. The van der Waals surface area contributed by atoms with Crippen LogP contribution in [0.4, 0.5) is 5.69 Å². The summed E-state index contributed by atoms with van der Waals surface area (Å²) in [5.74, 6) is -6.43. The van der Waals surface area contributed by atoms with E-state index in [4.69, 9.17) is 0 Å². The van der Waals surface area contributed by atoms with Crippen LogP contribution >= 0.6 is 0 Å². The highest BCUT2D eigenvalue weighted by Crippen LogP contribution is 2.47. The number of carbonyl (C=O) groups is 4. The quantitative estimate of drug-likeness (QED) is 0.501. The lowest BCUT2D eigenvalue weighted by molar-refractivity contribution is -0.154. The predicted molar refractivity (Wildman–Crippen MR) is 130 cm³/mol. The normalized spacial score (nSPS) is 25.9. The zero-order valence-corrected chi connectivity index (χ0v) is 19.6. The predicted octanol–water partition coefficient (Wildman–Crippen LogP) is 2.90. The van der Waals surface area contributed by atoms with Gasteiger partial charge < -0.3 is 10.2 Å². The SMILES string of the molecule is CCc1cccc(CC)c1N1C(=O)C2C(/C=C/c3ccccc3)NC(CC(=O)O)(C(=O)O)C2C1=O. The maximum Gasteiger partial charge on any atom is 0.325 e. The fraction of sp³-hybridized carbons (Fsp3) is 0.333. The molecule has 2 saturated heterocycles. The molecular weight excluding hydrogens is 448 g/mol. The van der Waals surface area contributed by atoms with Crippen molar-refractivity contribution in [2.75, 3.05) is 4.90 Å². The van der Waals surface area contributed by atoms with E-state index in [-0.39, 0.29) is 0 Å². The Bertz CT molecular complexity index is 1190. The van der Waals surface area contributed by atoms with Gasteiger partial charge in [-0.3, -0.25) is 24.5 Å². The fourth-order valence-corrected chi connectivity index (χ4v) is 5.39. The number of aryl methyl sites for hydroxylation is 2. The third-order valence-electron chi connectivity index (χ3n) is 6.99. The number of benzene rings is 2. The van der Waals surface area contributed by atoms with Crippen LogP contribution in [0.25, 0.3) is 6.08 Å². The topological polar surface area (TPSA) is 124 Å². The minimum absolute atomic E-state index is 0.488. The molecule has 0 radical (unpaired) electrons. The number of carboxylic acids is 2. The van der Waals surface area contributed by atoms with Gasteiger partial charge in [0.2, 0.25) is 11.8 Å². The van der Waals surface area contributed by atoms with Crippen LogP contribution in [0.15, 0.2) is 54.6 Å². The lowest BCUT2D eigenvalue weighted by Gasteiger charge is -2.30. The lowest BCUT2D eigenvalue weighted by Crippen LogP contribution is -2.57. The average molecular weight is 477 g/mol. The molecule has 35 heavy (non-hydrogen) atoms. The Labute approximate surface area is 203 Å². The maximum absolute atomic E-state index is 13.8. The molecule has 8 nitrogen and oxygen atoms in total. The van der Waals surface area contributed by atoms with Gasteiger partial charge in [0.05, 0.1) is 23.9 Å². The second-order valence-corrected chi connectivity index (χ2v) is 8.93. The molecule has 2 aliphatic heterocycles. The van der Waals surface area contributed by atoms with E-state index >= 15 is 0 Å². The van der Waals surface area contributed by atoms with E-state index in [1.807, 2.05) is 62.4 Å². The highest BCUT2D eigenvalue weighted by Gasteiger charge is 2.68. The molecule has 2 heterocycles. The summed E-state index contributed by atoms with van der Waals surface area (Å²) >= 11 is 0. The van der Waals surface area contributed by atoms with Crippen molar-refractivity contribution in [3.05, 3.63) is 71.3 Å². The van der Waals surface area contributed by atoms with Crippen LogP contribution in [0.5, 0.6) is 0 Å². The average Bonchev–Trinajstić information content (AvgIpc) is 3.31. The van der Waals surface area contributed by atoms with E-state index in [0.29, 0.717) is 18.5 Å². The van der Waals surface area contributed by atoms with Crippen LogP contribution in [-0.4, -0.2) is 45.5 Å². The van der Waals surface area contributed by atoms with Crippen molar-refractivity contribution >= 4 is 35.5 Å². The van der Waals surface area contributed by atoms with Crippen molar-refractivity contribution < 1.29 is 29.4 Å². The Morgan fingerprint density at radius 2 is 1.60 bits per heavy atom. The van der Waals surface area contributed by atoms with Gasteiger partial charge in [0.1, 0.15) is 5.54 Å². The van der Waals surface area contributed by atoms with Crippen molar-refractivity contribution in [3.8, 4) is 0 Å². The Kier molecular flexibility index (Phi) is 6.58. The summed E-state index contributed by atoms with van der Waals surface area (Å²) < 4.78 is 0. The number of nitrogens with zero attached hydrogens (tertiary/aromatic N) is 1. The first kappa shape index (κ1) is 24.3. The molecule has 0 aliphatic carbocycles. The van der Waals surface area contributed by atoms with Gasteiger partial charge in [-0.25, -0.2) is 4.90 Å². The second-order valence-electron chi connectivity index (χ2n) is 8.93. The first-order valence-corrected chi connectivity index (χ1v) is 11.7. The molecule has 2 fully saturated rings. The molecule has 2 aromatic rings. The van der Waals surface area contributed by atoms with Crippen molar-refractivity contribution in [1.82, 2.24) is 5.32 Å². The Morgan fingerprint density at radius 1 is 0.971 bits per heavy atom. The van der Waals surface area contributed by atoms with Crippen molar-refractivity contribution in [2.45, 2.75) is 44.7 Å². The van der Waals surface area contributed by atoms with Crippen LogP contribution in [0.3, 0.4) is 0 Å². The van der Waals surface area contributed by atoms with E-state index < -0.39 is 53.6 Å². The van der Waals surface area contributed by atoms with Gasteiger partial charge in [0.15, 0.2) is 0 Å². The summed E-state index contributed by atoms with van der Waals surface area (Å²) in [5.41, 5.74) is 0.804. The van der Waals surface area contributed by atoms with Crippen LogP contribution < -0.4 is 10.2 Å². The van der Waals surface area contributed by atoms with E-state index in [1.165, 1.54) is 0 Å². The molecule has 0 spiro atoms. The summed E-state index contributed by atoms with van der Waals surface area (Å²) in [6, 6.07) is 14.0. The first-order valence-electron chi connectivity index (χ1n) is 11.7. The summed E-state index contributed by atoms with van der Waals surface area (Å²) in [7, 11) is 0. The number of fused-ring (bicyclic) bond motifs is 1. The Morgan fingerprint density at radius 3 is 2.14 bits per heavy atom. The zero-order valence-electron chi connectivity index (χ0n) is 19.6. The number of aliphatic carboxylic acids is 2. The minimum Gasteiger partial charge on any atom is -0.481 e. The lowest BCUT2D eigenvalue weighted by atomic mass is 9.78. The molecule has 0 bridgehead atoms. The number of imide groups is 1. The number of hydrogen-bond donors (Lipinski definition) is 3. The van der Waals surface area contributed by atoms with Crippen LogP contribution in [0, 0.1) is 11.8 Å². The third kappa shape index (κ3) is 4.04. The van der Waals surface area contributed by atoms with Gasteiger partial charge in [-0.05, 0) is 29.5 Å². The molecule has 0 aromatic heterocycles.